The van der Waals surface area contributed by atoms with Crippen LogP contribution in [0.25, 0.3) is 0 Å². The highest BCUT2D eigenvalue weighted by Crippen LogP contribution is 2.21. The number of hydrogen-bond acceptors (Lipinski definition) is 6. The molecule has 0 saturated carbocycles. The molecule has 2 amide bonds. The third-order valence-corrected chi connectivity index (χ3v) is 6.55. The average molecular weight is 537 g/mol. The van der Waals surface area contributed by atoms with Crippen molar-refractivity contribution < 1.29 is 22.7 Å². The molecule has 0 saturated heterocycles. The number of hydrogen-bond donors (Lipinski definition) is 2. The molecule has 10 heteroatoms. The normalized spacial score (nSPS) is 11.2. The zero-order chi connectivity index (χ0) is 27.5. The molecule has 3 rings (SSSR count). The molecule has 3 aromatic rings. The second kappa shape index (κ2) is 13.4. The van der Waals surface area contributed by atoms with Crippen LogP contribution in [0.2, 0.25) is 0 Å². The van der Waals surface area contributed by atoms with Gasteiger partial charge in [0, 0.05) is 6.54 Å². The summed E-state index contributed by atoms with van der Waals surface area (Å²) in [6, 6.07) is 22.0. The molecule has 2 N–H and O–H groups in total. The van der Waals surface area contributed by atoms with Crippen LogP contribution in [0.5, 0.6) is 5.75 Å². The summed E-state index contributed by atoms with van der Waals surface area (Å²) in [5.74, 6) is -0.274. The van der Waals surface area contributed by atoms with Gasteiger partial charge >= 0.3 is 0 Å². The van der Waals surface area contributed by atoms with Crippen molar-refractivity contribution in [3.05, 3.63) is 95.1 Å². The van der Waals surface area contributed by atoms with Crippen LogP contribution in [0.15, 0.2) is 77.9 Å². The molecule has 0 aromatic heterocycles. The van der Waals surface area contributed by atoms with Crippen molar-refractivity contribution in [3.8, 4) is 5.75 Å². The molecule has 0 atom stereocenters. The largest absolute Gasteiger partial charge is 0.484 e. The zero-order valence-corrected chi connectivity index (χ0v) is 22.5. The highest BCUT2D eigenvalue weighted by molar-refractivity contribution is 7.92. The Bertz CT molecular complexity index is 1350. The maximum Gasteiger partial charge on any atom is 0.260 e. The number of benzene rings is 3. The Kier molecular flexibility index (Phi) is 10.0. The molecular formula is C28H32N4O5S. The van der Waals surface area contributed by atoms with Crippen molar-refractivity contribution in [1.29, 1.82) is 0 Å². The minimum atomic E-state index is -3.68. The van der Waals surface area contributed by atoms with Gasteiger partial charge in [0.15, 0.2) is 6.61 Å². The SMILES string of the molecule is Cc1cc(C)cc(N(CC(=O)N/N=C\c2ccc(OCC(=O)NCCc3ccccc3)cc2)S(C)(=O)=O)c1. The molecule has 0 bridgehead atoms. The first-order valence-corrected chi connectivity index (χ1v) is 13.9. The minimum absolute atomic E-state index is 0.102. The fourth-order valence-corrected chi connectivity index (χ4v) is 4.52. The lowest BCUT2D eigenvalue weighted by molar-refractivity contribution is -0.123. The highest BCUT2D eigenvalue weighted by Gasteiger charge is 2.21. The summed E-state index contributed by atoms with van der Waals surface area (Å²) in [6.45, 7) is 3.74. The first-order valence-electron chi connectivity index (χ1n) is 12.0. The zero-order valence-electron chi connectivity index (χ0n) is 21.7. The van der Waals surface area contributed by atoms with E-state index in [0.717, 1.165) is 33.7 Å². The maximum absolute atomic E-state index is 12.4. The van der Waals surface area contributed by atoms with E-state index in [1.807, 2.05) is 50.2 Å². The van der Waals surface area contributed by atoms with Crippen LogP contribution in [0.4, 0.5) is 5.69 Å². The second-order valence-corrected chi connectivity index (χ2v) is 10.8. The molecule has 200 valence electrons. The smallest absolute Gasteiger partial charge is 0.260 e. The molecule has 3 aromatic carbocycles. The Morgan fingerprint density at radius 2 is 1.61 bits per heavy atom. The first-order chi connectivity index (χ1) is 18.1. The van der Waals surface area contributed by atoms with Gasteiger partial charge in [-0.3, -0.25) is 13.9 Å². The molecule has 0 fully saturated rings. The van der Waals surface area contributed by atoms with E-state index in [4.69, 9.17) is 4.74 Å². The number of carbonyl (C=O) groups excluding carboxylic acids is 2. The van der Waals surface area contributed by atoms with E-state index in [0.29, 0.717) is 23.5 Å². The van der Waals surface area contributed by atoms with Crippen LogP contribution in [0.3, 0.4) is 0 Å². The number of ether oxygens (including phenoxy) is 1. The van der Waals surface area contributed by atoms with E-state index in [9.17, 15) is 18.0 Å². The molecule has 0 aliphatic heterocycles. The maximum atomic E-state index is 12.4. The Balaban J connectivity index is 1.45. The lowest BCUT2D eigenvalue weighted by Gasteiger charge is -2.22. The molecule has 0 aliphatic rings. The summed E-state index contributed by atoms with van der Waals surface area (Å²) >= 11 is 0. The quantitative estimate of drug-likeness (QED) is 0.273. The Morgan fingerprint density at radius 3 is 2.24 bits per heavy atom. The van der Waals surface area contributed by atoms with Crippen molar-refractivity contribution in [3.63, 3.8) is 0 Å². The standard InChI is InChI=1S/C28H32N4O5S/c1-21-15-22(2)17-25(16-21)32(38(3,35)36)19-27(33)31-30-18-24-9-11-26(12-10-24)37-20-28(34)29-14-13-23-7-5-4-6-8-23/h4-12,15-18H,13-14,19-20H2,1-3H3,(H,29,34)(H,31,33)/b30-18-. The van der Waals surface area contributed by atoms with Crippen LogP contribution in [-0.2, 0) is 26.0 Å². The van der Waals surface area contributed by atoms with Gasteiger partial charge in [-0.15, -0.1) is 0 Å². The van der Waals surface area contributed by atoms with Crippen LogP contribution in [0.1, 0.15) is 22.3 Å². The molecule has 0 aliphatic carbocycles. The number of carbonyl (C=O) groups is 2. The van der Waals surface area contributed by atoms with Gasteiger partial charge in [0.25, 0.3) is 11.8 Å². The third kappa shape index (κ3) is 9.36. The van der Waals surface area contributed by atoms with Gasteiger partial charge in [0.1, 0.15) is 12.3 Å². The molecule has 9 nitrogen and oxygen atoms in total. The van der Waals surface area contributed by atoms with Gasteiger partial charge < -0.3 is 10.1 Å². The van der Waals surface area contributed by atoms with Gasteiger partial charge in [-0.25, -0.2) is 13.8 Å². The number of rotatable bonds is 12. The highest BCUT2D eigenvalue weighted by atomic mass is 32.2. The summed E-state index contributed by atoms with van der Waals surface area (Å²) in [5.41, 5.74) is 6.39. The summed E-state index contributed by atoms with van der Waals surface area (Å²) in [5, 5.41) is 6.74. The molecular weight excluding hydrogens is 504 g/mol. The van der Waals surface area contributed by atoms with Gasteiger partial charge in [-0.2, -0.15) is 5.10 Å². The van der Waals surface area contributed by atoms with Crippen molar-refractivity contribution in [2.75, 3.05) is 30.3 Å². The predicted molar refractivity (Wildman–Crippen MR) is 149 cm³/mol. The summed E-state index contributed by atoms with van der Waals surface area (Å²) in [4.78, 5) is 24.4. The van der Waals surface area contributed by atoms with Gasteiger partial charge in [0.2, 0.25) is 10.0 Å². The van der Waals surface area contributed by atoms with E-state index in [1.165, 1.54) is 6.21 Å². The van der Waals surface area contributed by atoms with Gasteiger partial charge in [-0.1, -0.05) is 36.4 Å². The summed E-state index contributed by atoms with van der Waals surface area (Å²) in [7, 11) is -3.68. The van der Waals surface area contributed by atoms with E-state index in [-0.39, 0.29) is 12.5 Å². The monoisotopic (exact) mass is 536 g/mol. The number of nitrogens with one attached hydrogen (secondary N) is 2. The number of sulfonamides is 1. The Morgan fingerprint density at radius 1 is 0.947 bits per heavy atom. The lowest BCUT2D eigenvalue weighted by atomic mass is 10.1. The van der Waals surface area contributed by atoms with Gasteiger partial charge in [-0.05, 0) is 78.9 Å². The van der Waals surface area contributed by atoms with Crippen LogP contribution >= 0.6 is 0 Å². The number of amides is 2. The topological polar surface area (TPSA) is 117 Å². The van der Waals surface area contributed by atoms with E-state index >= 15 is 0 Å². The number of nitrogens with zero attached hydrogens (tertiary/aromatic N) is 2. The third-order valence-electron chi connectivity index (χ3n) is 5.41. The van der Waals surface area contributed by atoms with Crippen LogP contribution in [-0.4, -0.2) is 52.4 Å². The molecule has 0 spiro atoms. The second-order valence-electron chi connectivity index (χ2n) is 8.85. The molecule has 0 radical (unpaired) electrons. The van der Waals surface area contributed by atoms with E-state index < -0.39 is 22.5 Å². The van der Waals surface area contributed by atoms with Crippen molar-refractivity contribution in [1.82, 2.24) is 10.7 Å². The van der Waals surface area contributed by atoms with Crippen molar-refractivity contribution in [2.45, 2.75) is 20.3 Å². The fraction of sp³-hybridized carbons (Fsp3) is 0.250. The first kappa shape index (κ1) is 28.4. The Labute approximate surface area is 223 Å². The fourth-order valence-electron chi connectivity index (χ4n) is 3.68. The number of aryl methyl sites for hydroxylation is 2. The van der Waals surface area contributed by atoms with Crippen LogP contribution in [0, 0.1) is 13.8 Å². The van der Waals surface area contributed by atoms with Gasteiger partial charge in [0.05, 0.1) is 18.2 Å². The minimum Gasteiger partial charge on any atom is -0.484 e. The average Bonchev–Trinajstić information content (AvgIpc) is 2.86. The van der Waals surface area contributed by atoms with Crippen molar-refractivity contribution >= 4 is 33.7 Å². The predicted octanol–water partition coefficient (Wildman–Crippen LogP) is 2.96. The number of anilines is 1. The molecule has 0 heterocycles. The Hall–Kier alpha value is -4.18. The number of hydrazone groups is 1. The lowest BCUT2D eigenvalue weighted by Crippen LogP contribution is -2.39. The van der Waals surface area contributed by atoms with E-state index in [1.54, 1.807) is 36.4 Å². The van der Waals surface area contributed by atoms with Crippen LogP contribution < -0.4 is 19.8 Å². The van der Waals surface area contributed by atoms with E-state index in [2.05, 4.69) is 15.8 Å². The molecule has 0 unspecified atom stereocenters. The van der Waals surface area contributed by atoms with Crippen molar-refractivity contribution in [2.24, 2.45) is 5.10 Å². The summed E-state index contributed by atoms with van der Waals surface area (Å²) in [6.07, 6.45) is 3.23. The molecule has 38 heavy (non-hydrogen) atoms. The summed E-state index contributed by atoms with van der Waals surface area (Å²) < 4.78 is 31.1.